The Morgan fingerprint density at radius 2 is 1.89 bits per heavy atom. The van der Waals surface area contributed by atoms with Crippen molar-refractivity contribution in [1.82, 2.24) is 10.2 Å². The number of nitrogens with zero attached hydrogens (tertiary/aromatic N) is 1. The van der Waals surface area contributed by atoms with Gasteiger partial charge >= 0.3 is 6.09 Å². The van der Waals surface area contributed by atoms with Crippen LogP contribution in [-0.4, -0.2) is 43.8 Å². The number of unbranched alkanes of at least 4 members (excludes halogenated alkanes) is 1. The molecule has 0 aromatic heterocycles. The predicted octanol–water partition coefficient (Wildman–Crippen LogP) is 2.05. The second kappa shape index (κ2) is 7.79. The van der Waals surface area contributed by atoms with E-state index in [2.05, 4.69) is 29.6 Å². The van der Waals surface area contributed by atoms with Gasteiger partial charge in [-0.2, -0.15) is 0 Å². The third-order valence-corrected chi connectivity index (χ3v) is 3.30. The number of nitrogens with one attached hydrogen (secondary N) is 1. The lowest BCUT2D eigenvalue weighted by atomic mass is 10.1. The van der Waals surface area contributed by atoms with Gasteiger partial charge in [0.15, 0.2) is 0 Å². The van der Waals surface area contributed by atoms with E-state index in [1.165, 1.54) is 5.56 Å². The number of piperazine rings is 1. The minimum atomic E-state index is -0.166. The first-order valence-corrected chi connectivity index (χ1v) is 7.02. The van der Waals surface area contributed by atoms with E-state index in [0.717, 1.165) is 45.4 Å². The van der Waals surface area contributed by atoms with Crippen LogP contribution in [0.3, 0.4) is 0 Å². The average molecular weight is 262 g/mol. The molecule has 4 heteroatoms. The van der Waals surface area contributed by atoms with Crippen molar-refractivity contribution in [3.63, 3.8) is 0 Å². The number of carbonyl (C=O) groups excluding carboxylic acids is 1. The van der Waals surface area contributed by atoms with Gasteiger partial charge in [-0.15, -0.1) is 0 Å². The van der Waals surface area contributed by atoms with Gasteiger partial charge in [0.1, 0.15) is 0 Å². The highest BCUT2D eigenvalue weighted by molar-refractivity contribution is 5.67. The molecule has 2 rings (SSSR count). The summed E-state index contributed by atoms with van der Waals surface area (Å²) in [5.74, 6) is 0. The van der Waals surface area contributed by atoms with Crippen molar-refractivity contribution >= 4 is 6.09 Å². The smallest absolute Gasteiger partial charge is 0.409 e. The monoisotopic (exact) mass is 262 g/mol. The van der Waals surface area contributed by atoms with Crippen LogP contribution in [0.2, 0.25) is 0 Å². The Kier molecular flexibility index (Phi) is 5.69. The van der Waals surface area contributed by atoms with Crippen molar-refractivity contribution in [3.8, 4) is 0 Å². The molecule has 0 unspecified atom stereocenters. The Bertz CT molecular complexity index is 375. The number of hydrogen-bond acceptors (Lipinski definition) is 3. The molecule has 0 aliphatic carbocycles. The topological polar surface area (TPSA) is 41.6 Å². The molecule has 0 atom stereocenters. The molecule has 1 heterocycles. The third-order valence-electron chi connectivity index (χ3n) is 3.30. The molecule has 1 aliphatic rings. The predicted molar refractivity (Wildman–Crippen MR) is 75.2 cm³/mol. The minimum absolute atomic E-state index is 0.166. The number of benzene rings is 1. The first-order chi connectivity index (χ1) is 9.36. The molecule has 1 amide bonds. The second-order valence-electron chi connectivity index (χ2n) is 4.79. The summed E-state index contributed by atoms with van der Waals surface area (Å²) in [5.41, 5.74) is 1.34. The Balaban J connectivity index is 1.55. The summed E-state index contributed by atoms with van der Waals surface area (Å²) in [6.07, 6.45) is 2.86. The highest BCUT2D eigenvalue weighted by atomic mass is 16.6. The molecule has 1 aromatic carbocycles. The van der Waals surface area contributed by atoms with Gasteiger partial charge in [0.2, 0.25) is 0 Å². The van der Waals surface area contributed by atoms with Crippen LogP contribution in [0.4, 0.5) is 4.79 Å². The lowest BCUT2D eigenvalue weighted by molar-refractivity contribution is 0.0962. The summed E-state index contributed by atoms with van der Waals surface area (Å²) < 4.78 is 5.28. The Morgan fingerprint density at radius 3 is 2.63 bits per heavy atom. The van der Waals surface area contributed by atoms with E-state index in [1.807, 2.05) is 6.07 Å². The molecular formula is C15H22N2O2. The largest absolute Gasteiger partial charge is 0.449 e. The lowest BCUT2D eigenvalue weighted by Crippen LogP contribution is -2.46. The van der Waals surface area contributed by atoms with Gasteiger partial charge in [-0.25, -0.2) is 4.79 Å². The quantitative estimate of drug-likeness (QED) is 0.826. The number of hydrogen-bond donors (Lipinski definition) is 1. The minimum Gasteiger partial charge on any atom is -0.449 e. The maximum atomic E-state index is 11.7. The highest BCUT2D eigenvalue weighted by Crippen LogP contribution is 2.05. The average Bonchev–Trinajstić information content (AvgIpc) is 2.49. The van der Waals surface area contributed by atoms with Gasteiger partial charge in [0, 0.05) is 26.2 Å². The summed E-state index contributed by atoms with van der Waals surface area (Å²) in [6.45, 7) is 3.76. The third kappa shape index (κ3) is 4.91. The molecule has 104 valence electrons. The molecular weight excluding hydrogens is 240 g/mol. The number of carbonyl (C=O) groups is 1. The zero-order valence-corrected chi connectivity index (χ0v) is 11.3. The molecule has 1 aliphatic heterocycles. The van der Waals surface area contributed by atoms with Gasteiger partial charge in [-0.05, 0) is 24.8 Å². The standard InChI is InChI=1S/C15H22N2O2/c18-15(17-11-9-16-10-12-17)19-13-5-4-8-14-6-2-1-3-7-14/h1-3,6-7,16H,4-5,8-13H2. The first kappa shape index (κ1) is 13.9. The van der Waals surface area contributed by atoms with Crippen LogP contribution in [-0.2, 0) is 11.2 Å². The van der Waals surface area contributed by atoms with Gasteiger partial charge in [0.05, 0.1) is 6.61 Å². The molecule has 0 spiro atoms. The Morgan fingerprint density at radius 1 is 1.16 bits per heavy atom. The molecule has 19 heavy (non-hydrogen) atoms. The zero-order valence-electron chi connectivity index (χ0n) is 11.3. The van der Waals surface area contributed by atoms with E-state index in [0.29, 0.717) is 6.61 Å². The number of rotatable bonds is 5. The van der Waals surface area contributed by atoms with Crippen LogP contribution in [0.1, 0.15) is 18.4 Å². The number of amides is 1. The zero-order chi connectivity index (χ0) is 13.3. The van der Waals surface area contributed by atoms with Gasteiger partial charge in [-0.1, -0.05) is 30.3 Å². The lowest BCUT2D eigenvalue weighted by Gasteiger charge is -2.26. The maximum absolute atomic E-state index is 11.7. The molecule has 1 fully saturated rings. The summed E-state index contributed by atoms with van der Waals surface area (Å²) in [4.78, 5) is 13.5. The van der Waals surface area contributed by atoms with Gasteiger partial charge in [-0.3, -0.25) is 0 Å². The maximum Gasteiger partial charge on any atom is 0.409 e. The Labute approximate surface area is 114 Å². The molecule has 0 bridgehead atoms. The van der Waals surface area contributed by atoms with Crippen LogP contribution in [0, 0.1) is 0 Å². The fourth-order valence-corrected chi connectivity index (χ4v) is 2.17. The van der Waals surface area contributed by atoms with E-state index in [-0.39, 0.29) is 6.09 Å². The van der Waals surface area contributed by atoms with Crippen molar-refractivity contribution in [3.05, 3.63) is 35.9 Å². The van der Waals surface area contributed by atoms with Gasteiger partial charge < -0.3 is 15.0 Å². The van der Waals surface area contributed by atoms with Crippen LogP contribution >= 0.6 is 0 Å². The fourth-order valence-electron chi connectivity index (χ4n) is 2.17. The molecule has 1 N–H and O–H groups in total. The molecule has 0 radical (unpaired) electrons. The van der Waals surface area contributed by atoms with Crippen LogP contribution in [0.5, 0.6) is 0 Å². The van der Waals surface area contributed by atoms with Crippen LogP contribution in [0.25, 0.3) is 0 Å². The van der Waals surface area contributed by atoms with Crippen molar-refractivity contribution in [2.45, 2.75) is 19.3 Å². The highest BCUT2D eigenvalue weighted by Gasteiger charge is 2.16. The van der Waals surface area contributed by atoms with Crippen molar-refractivity contribution in [1.29, 1.82) is 0 Å². The van der Waals surface area contributed by atoms with E-state index in [4.69, 9.17) is 4.74 Å². The van der Waals surface area contributed by atoms with E-state index < -0.39 is 0 Å². The molecule has 0 saturated carbocycles. The molecule has 1 saturated heterocycles. The van der Waals surface area contributed by atoms with E-state index >= 15 is 0 Å². The summed E-state index contributed by atoms with van der Waals surface area (Å²) in [7, 11) is 0. The van der Waals surface area contributed by atoms with Crippen LogP contribution in [0.15, 0.2) is 30.3 Å². The SMILES string of the molecule is O=C(OCCCCc1ccccc1)N1CCNCC1. The first-order valence-electron chi connectivity index (χ1n) is 7.02. The Hall–Kier alpha value is -1.55. The van der Waals surface area contributed by atoms with Crippen molar-refractivity contribution in [2.75, 3.05) is 32.8 Å². The second-order valence-corrected chi connectivity index (χ2v) is 4.79. The molecule has 1 aromatic rings. The summed E-state index contributed by atoms with van der Waals surface area (Å²) >= 11 is 0. The molecule has 4 nitrogen and oxygen atoms in total. The van der Waals surface area contributed by atoms with E-state index in [1.54, 1.807) is 4.90 Å². The van der Waals surface area contributed by atoms with Crippen molar-refractivity contribution in [2.24, 2.45) is 0 Å². The summed E-state index contributed by atoms with van der Waals surface area (Å²) in [6, 6.07) is 10.4. The van der Waals surface area contributed by atoms with Crippen LogP contribution < -0.4 is 5.32 Å². The fraction of sp³-hybridized carbons (Fsp3) is 0.533. The number of ether oxygens (including phenoxy) is 1. The van der Waals surface area contributed by atoms with Crippen molar-refractivity contribution < 1.29 is 9.53 Å². The van der Waals surface area contributed by atoms with E-state index in [9.17, 15) is 4.79 Å². The summed E-state index contributed by atoms with van der Waals surface area (Å²) in [5, 5.41) is 3.21. The van der Waals surface area contributed by atoms with Gasteiger partial charge in [0.25, 0.3) is 0 Å². The number of aryl methyl sites for hydroxylation is 1. The normalized spacial score (nSPS) is 15.3.